The van der Waals surface area contributed by atoms with E-state index in [-0.39, 0.29) is 18.4 Å². The third-order valence-corrected chi connectivity index (χ3v) is 5.26. The molecule has 3 aromatic rings. The molecule has 0 fully saturated rings. The first-order valence-corrected chi connectivity index (χ1v) is 11.0. The highest BCUT2D eigenvalue weighted by molar-refractivity contribution is 5.65. The van der Waals surface area contributed by atoms with Gasteiger partial charge in [0.25, 0.3) is 0 Å². The Kier molecular flexibility index (Phi) is 8.77. The summed E-state index contributed by atoms with van der Waals surface area (Å²) >= 11 is 0. The Morgan fingerprint density at radius 3 is 2.52 bits per heavy atom. The monoisotopic (exact) mass is 453 g/mol. The number of hydrogen-bond acceptors (Lipinski definition) is 5. The maximum Gasteiger partial charge on any atom is 0.222 e. The molecule has 0 saturated carbocycles. The first kappa shape index (κ1) is 24.6. The predicted octanol–water partition coefficient (Wildman–Crippen LogP) is 4.79. The van der Waals surface area contributed by atoms with Crippen LogP contribution in [0.25, 0.3) is 11.3 Å². The van der Waals surface area contributed by atoms with E-state index in [0.717, 1.165) is 16.8 Å². The van der Waals surface area contributed by atoms with E-state index < -0.39 is 11.9 Å². The van der Waals surface area contributed by atoms with Crippen molar-refractivity contribution in [2.45, 2.75) is 32.5 Å². The molecule has 0 aliphatic carbocycles. The van der Waals surface area contributed by atoms with Crippen molar-refractivity contribution in [2.24, 2.45) is 7.05 Å². The van der Waals surface area contributed by atoms with Gasteiger partial charge in [-0.15, -0.1) is 6.58 Å². The smallest absolute Gasteiger partial charge is 0.222 e. The summed E-state index contributed by atoms with van der Waals surface area (Å²) in [5, 5.41) is 15.2. The van der Waals surface area contributed by atoms with E-state index in [1.165, 1.54) is 6.07 Å². The molecule has 176 valence electrons. The summed E-state index contributed by atoms with van der Waals surface area (Å²) < 4.78 is 27.4. The fourth-order valence-electron chi connectivity index (χ4n) is 3.55. The van der Waals surface area contributed by atoms with E-state index in [2.05, 4.69) is 25.3 Å². The van der Waals surface area contributed by atoms with E-state index in [4.69, 9.17) is 14.6 Å². The van der Waals surface area contributed by atoms with Crippen LogP contribution >= 0.6 is 0 Å². The van der Waals surface area contributed by atoms with Crippen LogP contribution in [0.3, 0.4) is 0 Å². The van der Waals surface area contributed by atoms with Gasteiger partial charge in [-0.1, -0.05) is 48.5 Å². The van der Waals surface area contributed by atoms with Gasteiger partial charge in [-0.25, -0.2) is 9.07 Å². The fourth-order valence-corrected chi connectivity index (χ4v) is 3.55. The maximum absolute atomic E-state index is 14.4. The summed E-state index contributed by atoms with van der Waals surface area (Å²) in [6, 6.07) is 16.3. The van der Waals surface area contributed by atoms with Crippen LogP contribution in [0.5, 0.6) is 11.6 Å². The number of rotatable bonds is 12. The molecule has 1 aromatic heterocycles. The molecule has 0 bridgehead atoms. The molecule has 0 unspecified atom stereocenters. The lowest BCUT2D eigenvalue weighted by atomic mass is 10.1. The highest BCUT2D eigenvalue weighted by Crippen LogP contribution is 2.35. The van der Waals surface area contributed by atoms with Crippen molar-refractivity contribution in [3.05, 3.63) is 78.6 Å². The van der Waals surface area contributed by atoms with E-state index in [1.807, 2.05) is 30.3 Å². The van der Waals surface area contributed by atoms with Gasteiger partial charge >= 0.3 is 0 Å². The summed E-state index contributed by atoms with van der Waals surface area (Å²) in [5.41, 5.74) is 2.51. The van der Waals surface area contributed by atoms with Crippen LogP contribution in [0.15, 0.2) is 67.3 Å². The average Bonchev–Trinajstić information content (AvgIpc) is 3.10. The minimum absolute atomic E-state index is 0.129. The molecule has 7 heteroatoms. The Hall–Kier alpha value is -3.00. The van der Waals surface area contributed by atoms with Crippen LogP contribution in [0.4, 0.5) is 4.39 Å². The molecule has 0 radical (unpaired) electrons. The van der Waals surface area contributed by atoms with Crippen molar-refractivity contribution < 1.29 is 19.0 Å². The Morgan fingerprint density at radius 2 is 1.85 bits per heavy atom. The molecule has 1 atom stereocenters. The second-order valence-electron chi connectivity index (χ2n) is 8.16. The maximum atomic E-state index is 14.4. The second kappa shape index (κ2) is 11.7. The fraction of sp³-hybridized carbons (Fsp3) is 0.346. The zero-order chi connectivity index (χ0) is 23.8. The molecule has 0 amide bonds. The number of benzene rings is 2. The molecule has 0 saturated heterocycles. The summed E-state index contributed by atoms with van der Waals surface area (Å²) in [6.45, 7) is 9.21. The van der Waals surface area contributed by atoms with E-state index in [1.54, 1.807) is 36.0 Å². The van der Waals surface area contributed by atoms with Crippen LogP contribution in [0.2, 0.25) is 0 Å². The van der Waals surface area contributed by atoms with Crippen molar-refractivity contribution in [2.75, 3.05) is 19.8 Å². The number of aromatic nitrogens is 2. The Bertz CT molecular complexity index is 1040. The number of ether oxygens (including phenoxy) is 2. The van der Waals surface area contributed by atoms with Crippen LogP contribution in [-0.2, 0) is 18.3 Å². The normalized spacial score (nSPS) is 12.3. The molecule has 0 aliphatic rings. The van der Waals surface area contributed by atoms with Gasteiger partial charge in [-0.05, 0) is 26.0 Å². The van der Waals surface area contributed by atoms with Gasteiger partial charge in [0, 0.05) is 31.7 Å². The van der Waals surface area contributed by atoms with Gasteiger partial charge in [0.05, 0.1) is 24.9 Å². The standard InChI is InChI=1S/C26H32FN3O3/c1-5-15-32-18-21(31)16-30(19(2)3)17-22-25(20-11-7-6-8-12-20)28-29(4)26(22)33-24-14-10-9-13-23(24)27/h5-14,19,21,31H,1,15-18H2,2-4H3/t21-/m0/s1. The van der Waals surface area contributed by atoms with Gasteiger partial charge in [0.2, 0.25) is 5.88 Å². The summed E-state index contributed by atoms with van der Waals surface area (Å²) in [4.78, 5) is 2.12. The van der Waals surface area contributed by atoms with Crippen molar-refractivity contribution in [1.82, 2.24) is 14.7 Å². The van der Waals surface area contributed by atoms with E-state index >= 15 is 0 Å². The number of para-hydroxylation sites is 1. The van der Waals surface area contributed by atoms with Crippen LogP contribution in [0, 0.1) is 5.82 Å². The van der Waals surface area contributed by atoms with Gasteiger partial charge in [-0.2, -0.15) is 5.10 Å². The molecule has 2 aromatic carbocycles. The van der Waals surface area contributed by atoms with Gasteiger partial charge in [0.1, 0.15) is 5.69 Å². The lowest BCUT2D eigenvalue weighted by Crippen LogP contribution is -2.39. The van der Waals surface area contributed by atoms with Gasteiger partial charge in [0.15, 0.2) is 11.6 Å². The van der Waals surface area contributed by atoms with Crippen molar-refractivity contribution >= 4 is 0 Å². The number of aliphatic hydroxyl groups excluding tert-OH is 1. The predicted molar refractivity (Wildman–Crippen MR) is 128 cm³/mol. The van der Waals surface area contributed by atoms with Crippen LogP contribution < -0.4 is 4.74 Å². The van der Waals surface area contributed by atoms with Crippen molar-refractivity contribution in [1.29, 1.82) is 0 Å². The number of halogens is 1. The lowest BCUT2D eigenvalue weighted by molar-refractivity contribution is 0.0177. The number of aryl methyl sites for hydroxylation is 1. The molecule has 0 aliphatic heterocycles. The first-order valence-electron chi connectivity index (χ1n) is 11.0. The zero-order valence-corrected chi connectivity index (χ0v) is 19.4. The highest BCUT2D eigenvalue weighted by Gasteiger charge is 2.25. The van der Waals surface area contributed by atoms with Gasteiger partial charge < -0.3 is 14.6 Å². The Balaban J connectivity index is 1.96. The largest absolute Gasteiger partial charge is 0.436 e. The number of hydrogen-bond donors (Lipinski definition) is 1. The van der Waals surface area contributed by atoms with E-state index in [0.29, 0.717) is 25.6 Å². The quantitative estimate of drug-likeness (QED) is 0.316. The Morgan fingerprint density at radius 1 is 1.15 bits per heavy atom. The van der Waals surface area contributed by atoms with Crippen LogP contribution in [0.1, 0.15) is 19.4 Å². The molecule has 0 spiro atoms. The number of nitrogens with zero attached hydrogens (tertiary/aromatic N) is 3. The minimum Gasteiger partial charge on any atom is -0.436 e. The third kappa shape index (κ3) is 6.51. The molecular weight excluding hydrogens is 421 g/mol. The lowest BCUT2D eigenvalue weighted by Gasteiger charge is -2.29. The minimum atomic E-state index is -0.667. The van der Waals surface area contributed by atoms with Crippen LogP contribution in [-0.4, -0.2) is 51.7 Å². The molecule has 1 heterocycles. The molecule has 6 nitrogen and oxygen atoms in total. The third-order valence-electron chi connectivity index (χ3n) is 5.26. The summed E-state index contributed by atoms with van der Waals surface area (Å²) in [7, 11) is 1.78. The Labute approximate surface area is 194 Å². The zero-order valence-electron chi connectivity index (χ0n) is 19.4. The molecular formula is C26H32FN3O3. The second-order valence-corrected chi connectivity index (χ2v) is 8.16. The van der Waals surface area contributed by atoms with E-state index in [9.17, 15) is 9.50 Å². The molecule has 3 rings (SSSR count). The summed E-state index contributed by atoms with van der Waals surface area (Å²) in [5.74, 6) is 0.152. The molecule has 33 heavy (non-hydrogen) atoms. The van der Waals surface area contributed by atoms with Gasteiger partial charge in [-0.3, -0.25) is 4.90 Å². The van der Waals surface area contributed by atoms with Crippen molar-refractivity contribution in [3.8, 4) is 22.9 Å². The van der Waals surface area contributed by atoms with Crippen molar-refractivity contribution in [3.63, 3.8) is 0 Å². The first-order chi connectivity index (χ1) is 15.9. The number of aliphatic hydroxyl groups is 1. The SMILES string of the molecule is C=CCOC[C@@H](O)CN(Cc1c(-c2ccccc2)nn(C)c1Oc1ccccc1F)C(C)C. The topological polar surface area (TPSA) is 59.8 Å². The highest BCUT2D eigenvalue weighted by atomic mass is 19.1. The molecule has 1 N–H and O–H groups in total. The average molecular weight is 454 g/mol. The summed E-state index contributed by atoms with van der Waals surface area (Å²) in [6.07, 6.45) is 0.987.